The van der Waals surface area contributed by atoms with Crippen molar-refractivity contribution in [1.82, 2.24) is 5.32 Å². The van der Waals surface area contributed by atoms with Crippen LogP contribution in [0, 0.1) is 12.3 Å². The quantitative estimate of drug-likeness (QED) is 0.880. The molecule has 0 unspecified atom stereocenters. The van der Waals surface area contributed by atoms with Crippen LogP contribution in [0.4, 0.5) is 5.69 Å². The fourth-order valence-corrected chi connectivity index (χ4v) is 2.74. The van der Waals surface area contributed by atoms with E-state index in [1.165, 1.54) is 42.7 Å². The maximum Gasteiger partial charge on any atom is 0.0396 e. The van der Waals surface area contributed by atoms with Gasteiger partial charge in [-0.2, -0.15) is 0 Å². The molecule has 100 valence electrons. The van der Waals surface area contributed by atoms with E-state index in [2.05, 4.69) is 49.2 Å². The molecule has 0 amide bonds. The van der Waals surface area contributed by atoms with Gasteiger partial charge in [-0.3, -0.25) is 0 Å². The Balaban J connectivity index is 2.10. The van der Waals surface area contributed by atoms with Gasteiger partial charge in [0.25, 0.3) is 0 Å². The number of piperidine rings is 1. The molecule has 1 aromatic carbocycles. The Hall–Kier alpha value is -1.02. The summed E-state index contributed by atoms with van der Waals surface area (Å²) in [6, 6.07) is 6.85. The normalized spacial score (nSPS) is 19.0. The lowest BCUT2D eigenvalue weighted by molar-refractivity contribution is 0.279. The summed E-state index contributed by atoms with van der Waals surface area (Å²) in [5.74, 6) is 0. The molecule has 18 heavy (non-hydrogen) atoms. The number of hydrogen-bond donors (Lipinski definition) is 1. The molecule has 0 aromatic heterocycles. The molecular formula is C16H26N2. The molecule has 2 nitrogen and oxygen atoms in total. The third-order valence-electron chi connectivity index (χ3n) is 4.10. The molecule has 1 aromatic rings. The summed E-state index contributed by atoms with van der Waals surface area (Å²) in [6.07, 6.45) is 2.59. The van der Waals surface area contributed by atoms with E-state index in [4.69, 9.17) is 0 Å². The molecule has 0 bridgehead atoms. The lowest BCUT2D eigenvalue weighted by atomic mass is 9.82. The second-order valence-electron chi connectivity index (χ2n) is 6.30. The number of benzene rings is 1. The van der Waals surface area contributed by atoms with E-state index >= 15 is 0 Å². The summed E-state index contributed by atoms with van der Waals surface area (Å²) >= 11 is 0. The standard InChI is InChI=1S/C16H26N2/c1-13-11-14(12-17-4)5-6-15(13)18-9-7-16(2,3)8-10-18/h5-6,11,17H,7-10,12H2,1-4H3. The minimum atomic E-state index is 0.524. The highest BCUT2D eigenvalue weighted by Crippen LogP contribution is 2.33. The molecule has 0 aliphatic carbocycles. The first-order chi connectivity index (χ1) is 8.52. The fourth-order valence-electron chi connectivity index (χ4n) is 2.74. The molecular weight excluding hydrogens is 220 g/mol. The van der Waals surface area contributed by atoms with Gasteiger partial charge in [0, 0.05) is 25.3 Å². The maximum atomic E-state index is 3.21. The zero-order valence-electron chi connectivity index (χ0n) is 12.2. The van der Waals surface area contributed by atoms with Crippen molar-refractivity contribution in [3.63, 3.8) is 0 Å². The number of rotatable bonds is 3. The third kappa shape index (κ3) is 3.05. The Morgan fingerprint density at radius 1 is 1.22 bits per heavy atom. The molecule has 1 heterocycles. The zero-order chi connectivity index (χ0) is 13.2. The van der Waals surface area contributed by atoms with Gasteiger partial charge in [0.05, 0.1) is 0 Å². The Morgan fingerprint density at radius 3 is 2.44 bits per heavy atom. The summed E-state index contributed by atoms with van der Waals surface area (Å²) in [5, 5.41) is 3.21. The summed E-state index contributed by atoms with van der Waals surface area (Å²) in [7, 11) is 2.00. The SMILES string of the molecule is CNCc1ccc(N2CCC(C)(C)CC2)c(C)c1. The molecule has 0 radical (unpaired) electrons. The second kappa shape index (κ2) is 5.31. The van der Waals surface area contributed by atoms with Gasteiger partial charge in [-0.25, -0.2) is 0 Å². The second-order valence-corrected chi connectivity index (χ2v) is 6.30. The highest BCUT2D eigenvalue weighted by Gasteiger charge is 2.25. The lowest BCUT2D eigenvalue weighted by Gasteiger charge is -2.39. The van der Waals surface area contributed by atoms with Crippen molar-refractivity contribution in [2.24, 2.45) is 5.41 Å². The van der Waals surface area contributed by atoms with Crippen LogP contribution in [0.15, 0.2) is 18.2 Å². The van der Waals surface area contributed by atoms with E-state index in [0.717, 1.165) is 6.54 Å². The number of aryl methyl sites for hydroxylation is 1. The lowest BCUT2D eigenvalue weighted by Crippen LogP contribution is -2.37. The number of nitrogens with one attached hydrogen (secondary N) is 1. The Kier molecular flexibility index (Phi) is 3.96. The predicted molar refractivity (Wildman–Crippen MR) is 79.2 cm³/mol. The number of nitrogens with zero attached hydrogens (tertiary/aromatic N) is 1. The van der Waals surface area contributed by atoms with Gasteiger partial charge in [-0.05, 0) is 49.4 Å². The van der Waals surface area contributed by atoms with E-state index in [1.54, 1.807) is 0 Å². The first kappa shape index (κ1) is 13.4. The van der Waals surface area contributed by atoms with Crippen LogP contribution < -0.4 is 10.2 Å². The van der Waals surface area contributed by atoms with Gasteiger partial charge < -0.3 is 10.2 Å². The van der Waals surface area contributed by atoms with Crippen molar-refractivity contribution in [2.45, 2.75) is 40.2 Å². The van der Waals surface area contributed by atoms with Crippen LogP contribution in [-0.2, 0) is 6.54 Å². The number of hydrogen-bond acceptors (Lipinski definition) is 2. The van der Waals surface area contributed by atoms with E-state index in [9.17, 15) is 0 Å². The Morgan fingerprint density at radius 2 is 1.89 bits per heavy atom. The highest BCUT2D eigenvalue weighted by atomic mass is 15.1. The van der Waals surface area contributed by atoms with Crippen LogP contribution in [-0.4, -0.2) is 20.1 Å². The van der Waals surface area contributed by atoms with Crippen LogP contribution in [0.3, 0.4) is 0 Å². The Bertz CT molecular complexity index is 400. The van der Waals surface area contributed by atoms with Crippen LogP contribution in [0.1, 0.15) is 37.8 Å². The van der Waals surface area contributed by atoms with Crippen molar-refractivity contribution in [1.29, 1.82) is 0 Å². The van der Waals surface area contributed by atoms with Crippen molar-refractivity contribution in [3.8, 4) is 0 Å². The average Bonchev–Trinajstić information content (AvgIpc) is 2.31. The van der Waals surface area contributed by atoms with Gasteiger partial charge in [-0.15, -0.1) is 0 Å². The van der Waals surface area contributed by atoms with Crippen LogP contribution in [0.25, 0.3) is 0 Å². The van der Waals surface area contributed by atoms with Gasteiger partial charge in [0.15, 0.2) is 0 Å². The zero-order valence-corrected chi connectivity index (χ0v) is 12.2. The molecule has 2 heteroatoms. The van der Waals surface area contributed by atoms with Crippen molar-refractivity contribution >= 4 is 5.69 Å². The largest absolute Gasteiger partial charge is 0.371 e. The van der Waals surface area contributed by atoms with E-state index < -0.39 is 0 Å². The third-order valence-corrected chi connectivity index (χ3v) is 4.10. The van der Waals surface area contributed by atoms with E-state index in [0.29, 0.717) is 5.41 Å². The average molecular weight is 246 g/mol. The highest BCUT2D eigenvalue weighted by molar-refractivity contribution is 5.54. The Labute approximate surface area is 111 Å². The molecule has 0 atom stereocenters. The molecule has 1 aliphatic heterocycles. The van der Waals surface area contributed by atoms with Gasteiger partial charge in [-0.1, -0.05) is 26.0 Å². The van der Waals surface area contributed by atoms with Gasteiger partial charge in [0.2, 0.25) is 0 Å². The molecule has 0 spiro atoms. The van der Waals surface area contributed by atoms with E-state index in [-0.39, 0.29) is 0 Å². The number of anilines is 1. The summed E-state index contributed by atoms with van der Waals surface area (Å²) in [6.45, 7) is 10.3. The molecule has 0 saturated carbocycles. The molecule has 1 aliphatic rings. The van der Waals surface area contributed by atoms with Crippen molar-refractivity contribution in [2.75, 3.05) is 25.0 Å². The van der Waals surface area contributed by atoms with Crippen LogP contribution in [0.5, 0.6) is 0 Å². The van der Waals surface area contributed by atoms with Gasteiger partial charge in [0.1, 0.15) is 0 Å². The van der Waals surface area contributed by atoms with Crippen LogP contribution >= 0.6 is 0 Å². The van der Waals surface area contributed by atoms with Crippen molar-refractivity contribution < 1.29 is 0 Å². The van der Waals surface area contributed by atoms with Crippen molar-refractivity contribution in [3.05, 3.63) is 29.3 Å². The molecule has 1 N–H and O–H groups in total. The molecule has 1 saturated heterocycles. The molecule has 1 fully saturated rings. The summed E-state index contributed by atoms with van der Waals surface area (Å²) in [5.41, 5.74) is 4.72. The summed E-state index contributed by atoms with van der Waals surface area (Å²) < 4.78 is 0. The van der Waals surface area contributed by atoms with Crippen LogP contribution in [0.2, 0.25) is 0 Å². The van der Waals surface area contributed by atoms with Gasteiger partial charge >= 0.3 is 0 Å². The predicted octanol–water partition coefficient (Wildman–Crippen LogP) is 3.34. The first-order valence-corrected chi connectivity index (χ1v) is 7.01. The van der Waals surface area contributed by atoms with E-state index in [1.807, 2.05) is 7.05 Å². The smallest absolute Gasteiger partial charge is 0.0396 e. The first-order valence-electron chi connectivity index (χ1n) is 7.01. The topological polar surface area (TPSA) is 15.3 Å². The minimum absolute atomic E-state index is 0.524. The summed E-state index contributed by atoms with van der Waals surface area (Å²) in [4.78, 5) is 2.55. The monoisotopic (exact) mass is 246 g/mol. The minimum Gasteiger partial charge on any atom is -0.371 e. The fraction of sp³-hybridized carbons (Fsp3) is 0.625. The maximum absolute atomic E-state index is 3.21. The molecule has 2 rings (SSSR count).